The van der Waals surface area contributed by atoms with Crippen LogP contribution in [0.15, 0.2) is 29.4 Å². The average molecular weight is 185 g/mol. The molecule has 66 valence electrons. The van der Waals surface area contributed by atoms with Crippen LogP contribution in [0.1, 0.15) is 6.92 Å². The maximum atomic E-state index is 11.0. The Balaban J connectivity index is 2.57. The highest BCUT2D eigenvalue weighted by Gasteiger charge is 2.05. The van der Waals surface area contributed by atoms with E-state index in [1.807, 2.05) is 0 Å². The minimum absolute atomic E-state index is 0.379. The van der Waals surface area contributed by atoms with Crippen molar-refractivity contribution >= 4 is 11.8 Å². The molecule has 0 aromatic carbocycles. The molecule has 4 heteroatoms. The molecule has 0 aliphatic heterocycles. The maximum absolute atomic E-state index is 11.0. The lowest BCUT2D eigenvalue weighted by Gasteiger charge is -2.03. The number of hydrogen-bond donors (Lipinski definition) is 1. The Morgan fingerprint density at radius 1 is 1.67 bits per heavy atom. The third-order valence-corrected chi connectivity index (χ3v) is 2.52. The molecule has 0 fully saturated rings. The van der Waals surface area contributed by atoms with Gasteiger partial charge in [-0.1, -0.05) is 11.8 Å². The largest absolute Gasteiger partial charge is 0.618 e. The highest BCUT2D eigenvalue weighted by Crippen LogP contribution is 2.13. The first-order valence-corrected chi connectivity index (χ1v) is 4.68. The van der Waals surface area contributed by atoms with Gasteiger partial charge in [-0.2, -0.15) is 4.73 Å². The van der Waals surface area contributed by atoms with Crippen LogP contribution in [0, 0.1) is 5.21 Å². The third kappa shape index (κ3) is 2.71. The smallest absolute Gasteiger partial charge is 0.251 e. The van der Waals surface area contributed by atoms with Gasteiger partial charge >= 0.3 is 0 Å². The van der Waals surface area contributed by atoms with Crippen molar-refractivity contribution in [1.82, 2.24) is 0 Å². The standard InChI is InChI=1S/C8H11NO2S/c1-7(10)6-12-8-4-2-3-5-9(8)11/h2-5,7,10H,6H2,1H3. The van der Waals surface area contributed by atoms with Crippen LogP contribution in [0.3, 0.4) is 0 Å². The summed E-state index contributed by atoms with van der Waals surface area (Å²) < 4.78 is 0.799. The number of rotatable bonds is 3. The first-order valence-electron chi connectivity index (χ1n) is 3.69. The molecule has 1 aromatic heterocycles. The topological polar surface area (TPSA) is 47.2 Å². The van der Waals surface area contributed by atoms with Crippen LogP contribution in [-0.2, 0) is 0 Å². The zero-order valence-corrected chi connectivity index (χ0v) is 7.62. The molecule has 0 saturated carbocycles. The summed E-state index contributed by atoms with van der Waals surface area (Å²) in [6.45, 7) is 1.70. The molecule has 1 aromatic rings. The van der Waals surface area contributed by atoms with E-state index in [4.69, 9.17) is 5.11 Å². The van der Waals surface area contributed by atoms with Crippen molar-refractivity contribution < 1.29 is 9.84 Å². The second-order valence-corrected chi connectivity index (χ2v) is 3.56. The molecule has 0 amide bonds. The summed E-state index contributed by atoms with van der Waals surface area (Å²) >= 11 is 1.36. The minimum atomic E-state index is -0.379. The molecule has 1 atom stereocenters. The van der Waals surface area contributed by atoms with Gasteiger partial charge < -0.3 is 10.3 Å². The summed E-state index contributed by atoms with van der Waals surface area (Å²) in [6, 6.07) is 5.22. The molecule has 1 unspecified atom stereocenters. The predicted octanol–water partition coefficient (Wildman–Crippen LogP) is 0.793. The van der Waals surface area contributed by atoms with Gasteiger partial charge in [0, 0.05) is 17.9 Å². The Kier molecular flexibility index (Phi) is 3.37. The fourth-order valence-corrected chi connectivity index (χ4v) is 1.51. The van der Waals surface area contributed by atoms with E-state index in [2.05, 4.69) is 0 Å². The molecule has 1 rings (SSSR count). The third-order valence-electron chi connectivity index (χ3n) is 1.26. The molecule has 0 spiro atoms. The fourth-order valence-electron chi connectivity index (χ4n) is 0.730. The van der Waals surface area contributed by atoms with Gasteiger partial charge in [0.05, 0.1) is 6.10 Å². The van der Waals surface area contributed by atoms with Crippen LogP contribution < -0.4 is 4.73 Å². The molecule has 3 nitrogen and oxygen atoms in total. The van der Waals surface area contributed by atoms with E-state index < -0.39 is 0 Å². The Morgan fingerprint density at radius 2 is 2.42 bits per heavy atom. The van der Waals surface area contributed by atoms with Crippen molar-refractivity contribution in [3.63, 3.8) is 0 Å². The van der Waals surface area contributed by atoms with Crippen molar-refractivity contribution in [2.75, 3.05) is 5.75 Å². The first-order chi connectivity index (χ1) is 5.70. The summed E-state index contributed by atoms with van der Waals surface area (Å²) in [6.07, 6.45) is 1.07. The fraction of sp³-hybridized carbons (Fsp3) is 0.375. The SMILES string of the molecule is CC(O)CSc1cccc[n+]1[O-]. The lowest BCUT2D eigenvalue weighted by Crippen LogP contribution is -2.28. The molecule has 0 bridgehead atoms. The van der Waals surface area contributed by atoms with Crippen LogP contribution in [0.5, 0.6) is 0 Å². The predicted molar refractivity (Wildman–Crippen MR) is 47.8 cm³/mol. The van der Waals surface area contributed by atoms with E-state index in [-0.39, 0.29) is 6.10 Å². The number of aromatic nitrogens is 1. The molecule has 0 saturated heterocycles. The van der Waals surface area contributed by atoms with Crippen molar-refractivity contribution in [3.05, 3.63) is 29.6 Å². The van der Waals surface area contributed by atoms with Gasteiger partial charge in [0.15, 0.2) is 6.20 Å². The lowest BCUT2D eigenvalue weighted by atomic mass is 10.5. The molecule has 0 aliphatic carbocycles. The second-order valence-electron chi connectivity index (χ2n) is 2.52. The Bertz CT molecular complexity index is 253. The molecule has 0 aliphatic rings. The summed E-state index contributed by atoms with van der Waals surface area (Å²) in [5.41, 5.74) is 0. The number of aliphatic hydroxyl groups excluding tert-OH is 1. The number of thioether (sulfide) groups is 1. The van der Waals surface area contributed by atoms with Gasteiger partial charge in [-0.05, 0) is 13.0 Å². The van der Waals surface area contributed by atoms with E-state index >= 15 is 0 Å². The van der Waals surface area contributed by atoms with Crippen LogP contribution in [-0.4, -0.2) is 17.0 Å². The van der Waals surface area contributed by atoms with Crippen LogP contribution >= 0.6 is 11.8 Å². The average Bonchev–Trinajstić information content (AvgIpc) is 2.03. The Hall–Kier alpha value is -0.740. The molecule has 0 radical (unpaired) electrons. The van der Waals surface area contributed by atoms with E-state index in [0.717, 1.165) is 4.73 Å². The number of hydrogen-bond acceptors (Lipinski definition) is 3. The minimum Gasteiger partial charge on any atom is -0.618 e. The highest BCUT2D eigenvalue weighted by molar-refractivity contribution is 7.99. The summed E-state index contributed by atoms with van der Waals surface area (Å²) in [5, 5.41) is 20.6. The van der Waals surface area contributed by atoms with Gasteiger partial charge in [0.1, 0.15) is 0 Å². The van der Waals surface area contributed by atoms with Crippen molar-refractivity contribution in [2.24, 2.45) is 0 Å². The zero-order valence-electron chi connectivity index (χ0n) is 6.80. The molecular weight excluding hydrogens is 174 g/mol. The van der Waals surface area contributed by atoms with Crippen molar-refractivity contribution in [3.8, 4) is 0 Å². The zero-order chi connectivity index (χ0) is 8.97. The summed E-state index contributed by atoms with van der Waals surface area (Å²) in [4.78, 5) is 0. The van der Waals surface area contributed by atoms with Crippen LogP contribution in [0.25, 0.3) is 0 Å². The second kappa shape index (κ2) is 4.33. The van der Waals surface area contributed by atoms with Crippen LogP contribution in [0.2, 0.25) is 0 Å². The summed E-state index contributed by atoms with van der Waals surface area (Å²) in [7, 11) is 0. The van der Waals surface area contributed by atoms with Gasteiger partial charge in [0.25, 0.3) is 5.03 Å². The quantitative estimate of drug-likeness (QED) is 0.430. The summed E-state index contributed by atoms with van der Waals surface area (Å²) in [5.74, 6) is 0.548. The molecule has 1 N–H and O–H groups in total. The normalized spacial score (nSPS) is 12.8. The molecule has 12 heavy (non-hydrogen) atoms. The number of aliphatic hydroxyl groups is 1. The maximum Gasteiger partial charge on any atom is 0.251 e. The van der Waals surface area contributed by atoms with Gasteiger partial charge in [0.2, 0.25) is 0 Å². The van der Waals surface area contributed by atoms with E-state index in [1.165, 1.54) is 18.0 Å². The lowest BCUT2D eigenvalue weighted by molar-refractivity contribution is -0.645. The molecule has 1 heterocycles. The van der Waals surface area contributed by atoms with Gasteiger partial charge in [-0.15, -0.1) is 0 Å². The molecular formula is C8H11NO2S. The van der Waals surface area contributed by atoms with E-state index in [9.17, 15) is 5.21 Å². The number of pyridine rings is 1. The van der Waals surface area contributed by atoms with Crippen molar-refractivity contribution in [1.29, 1.82) is 0 Å². The van der Waals surface area contributed by atoms with Crippen molar-refractivity contribution in [2.45, 2.75) is 18.1 Å². The Morgan fingerprint density at radius 3 is 3.00 bits per heavy atom. The van der Waals surface area contributed by atoms with E-state index in [0.29, 0.717) is 10.8 Å². The highest BCUT2D eigenvalue weighted by atomic mass is 32.2. The van der Waals surface area contributed by atoms with Crippen LogP contribution in [0.4, 0.5) is 0 Å². The first kappa shape index (κ1) is 9.35. The van der Waals surface area contributed by atoms with Gasteiger partial charge in [-0.3, -0.25) is 0 Å². The van der Waals surface area contributed by atoms with E-state index in [1.54, 1.807) is 25.1 Å². The monoisotopic (exact) mass is 185 g/mol. The van der Waals surface area contributed by atoms with Gasteiger partial charge in [-0.25, -0.2) is 0 Å². The Labute approximate surface area is 75.6 Å². The number of nitrogens with zero attached hydrogens (tertiary/aromatic N) is 1.